The minimum atomic E-state index is -4.59. The Balaban J connectivity index is 1.99. The summed E-state index contributed by atoms with van der Waals surface area (Å²) in [5, 5.41) is 13.7. The Morgan fingerprint density at radius 3 is 2.40 bits per heavy atom. The molecule has 1 saturated carbocycles. The number of nitrogens with two attached hydrogens (primary N) is 1. The molecule has 2 aromatic rings. The van der Waals surface area contributed by atoms with Crippen LogP contribution < -0.4 is 16.4 Å². The molecule has 3 rings (SSSR count). The Morgan fingerprint density at radius 2 is 1.86 bits per heavy atom. The van der Waals surface area contributed by atoms with Crippen LogP contribution in [0.3, 0.4) is 0 Å². The lowest BCUT2D eigenvalue weighted by Crippen LogP contribution is -2.35. The molecular weight excluding hydrogens is 477 g/mol. The SMILES string of the molecule is CC(=N)/C(=C(/C)N)c1cc(C(F)(F)F)cc(C2(NC(=S)c3ccccc3CNC(=O)C=O)CC2)c1. The molecule has 0 radical (unpaired) electrons. The van der Waals surface area contributed by atoms with Crippen LogP contribution in [0.25, 0.3) is 5.57 Å². The van der Waals surface area contributed by atoms with Crippen molar-refractivity contribution in [3.05, 3.63) is 76.0 Å². The van der Waals surface area contributed by atoms with Crippen LogP contribution >= 0.6 is 12.2 Å². The normalized spacial score (nSPS) is 15.0. The first kappa shape index (κ1) is 26.1. The fraction of sp³-hybridized carbons (Fsp3) is 0.280. The first-order valence-electron chi connectivity index (χ1n) is 10.8. The van der Waals surface area contributed by atoms with Gasteiger partial charge in [-0.1, -0.05) is 36.5 Å². The second kappa shape index (κ2) is 9.99. The molecule has 10 heteroatoms. The van der Waals surface area contributed by atoms with E-state index in [2.05, 4.69) is 10.6 Å². The van der Waals surface area contributed by atoms with Gasteiger partial charge in [-0.2, -0.15) is 13.2 Å². The maximum absolute atomic E-state index is 13.8. The quantitative estimate of drug-likeness (QED) is 0.187. The highest BCUT2D eigenvalue weighted by molar-refractivity contribution is 7.80. The van der Waals surface area contributed by atoms with E-state index in [1.807, 2.05) is 0 Å². The van der Waals surface area contributed by atoms with Gasteiger partial charge in [0.1, 0.15) is 4.99 Å². The number of amides is 1. The summed E-state index contributed by atoms with van der Waals surface area (Å²) >= 11 is 5.60. The van der Waals surface area contributed by atoms with Crippen LogP contribution in [0.2, 0.25) is 0 Å². The van der Waals surface area contributed by atoms with E-state index in [1.54, 1.807) is 37.3 Å². The zero-order valence-electron chi connectivity index (χ0n) is 19.2. The van der Waals surface area contributed by atoms with Gasteiger partial charge >= 0.3 is 6.18 Å². The van der Waals surface area contributed by atoms with Crippen molar-refractivity contribution in [1.29, 1.82) is 5.41 Å². The minimum Gasteiger partial charge on any atom is -0.402 e. The van der Waals surface area contributed by atoms with Gasteiger partial charge in [0.05, 0.1) is 11.1 Å². The molecule has 0 spiro atoms. The summed E-state index contributed by atoms with van der Waals surface area (Å²) < 4.78 is 41.3. The van der Waals surface area contributed by atoms with Crippen LogP contribution in [0.15, 0.2) is 48.2 Å². The molecule has 5 N–H and O–H groups in total. The number of nitrogens with one attached hydrogen (secondary N) is 3. The van der Waals surface area contributed by atoms with Crippen LogP contribution in [0.1, 0.15) is 54.5 Å². The number of rotatable bonds is 8. The third-order valence-corrected chi connectivity index (χ3v) is 6.12. The zero-order chi connectivity index (χ0) is 26.0. The van der Waals surface area contributed by atoms with E-state index in [9.17, 15) is 22.8 Å². The van der Waals surface area contributed by atoms with E-state index in [0.717, 1.165) is 12.1 Å². The third kappa shape index (κ3) is 5.94. The molecular formula is C25H25F3N4O2S. The Labute approximate surface area is 206 Å². The number of alkyl halides is 3. The number of aldehydes is 1. The molecule has 1 fully saturated rings. The molecule has 1 aliphatic carbocycles. The van der Waals surface area contributed by atoms with Crippen molar-refractivity contribution in [3.8, 4) is 0 Å². The Morgan fingerprint density at radius 1 is 1.20 bits per heavy atom. The summed E-state index contributed by atoms with van der Waals surface area (Å²) in [6.07, 6.45) is -3.30. The van der Waals surface area contributed by atoms with E-state index < -0.39 is 23.2 Å². The summed E-state index contributed by atoms with van der Waals surface area (Å²) in [7, 11) is 0. The molecule has 35 heavy (non-hydrogen) atoms. The van der Waals surface area contributed by atoms with E-state index in [-0.39, 0.29) is 35.4 Å². The van der Waals surface area contributed by atoms with Crippen LogP contribution in [-0.2, 0) is 27.8 Å². The van der Waals surface area contributed by atoms with Crippen LogP contribution in [0, 0.1) is 5.41 Å². The predicted octanol–water partition coefficient (Wildman–Crippen LogP) is 4.20. The first-order valence-corrected chi connectivity index (χ1v) is 11.2. The van der Waals surface area contributed by atoms with Crippen molar-refractivity contribution in [2.75, 3.05) is 0 Å². The molecule has 0 aliphatic heterocycles. The third-order valence-electron chi connectivity index (χ3n) is 5.80. The molecule has 0 unspecified atom stereocenters. The molecule has 1 aliphatic rings. The Kier molecular flexibility index (Phi) is 7.44. The van der Waals surface area contributed by atoms with Crippen molar-refractivity contribution < 1.29 is 22.8 Å². The molecule has 0 heterocycles. The Hall–Kier alpha value is -3.53. The van der Waals surface area contributed by atoms with Crippen molar-refractivity contribution in [2.24, 2.45) is 5.73 Å². The highest BCUT2D eigenvalue weighted by Crippen LogP contribution is 2.48. The summed E-state index contributed by atoms with van der Waals surface area (Å²) in [5.74, 6) is -0.769. The van der Waals surface area contributed by atoms with Gasteiger partial charge in [0.15, 0.2) is 0 Å². The van der Waals surface area contributed by atoms with Crippen LogP contribution in [0.5, 0.6) is 0 Å². The van der Waals surface area contributed by atoms with Crippen molar-refractivity contribution in [2.45, 2.75) is 44.9 Å². The van der Waals surface area contributed by atoms with Gasteiger partial charge in [-0.25, -0.2) is 0 Å². The molecule has 2 aromatic carbocycles. The van der Waals surface area contributed by atoms with Crippen molar-refractivity contribution >= 4 is 40.7 Å². The van der Waals surface area contributed by atoms with Gasteiger partial charge in [0.25, 0.3) is 5.91 Å². The lowest BCUT2D eigenvalue weighted by atomic mass is 9.92. The van der Waals surface area contributed by atoms with E-state index in [4.69, 9.17) is 23.4 Å². The second-order valence-corrected chi connectivity index (χ2v) is 8.92. The topological polar surface area (TPSA) is 108 Å². The lowest BCUT2D eigenvalue weighted by Gasteiger charge is -2.24. The number of hydrogen-bond acceptors (Lipinski definition) is 5. The predicted molar refractivity (Wildman–Crippen MR) is 132 cm³/mol. The highest BCUT2D eigenvalue weighted by Gasteiger charge is 2.46. The first-order chi connectivity index (χ1) is 16.4. The zero-order valence-corrected chi connectivity index (χ0v) is 20.0. The second-order valence-electron chi connectivity index (χ2n) is 8.51. The van der Waals surface area contributed by atoms with Gasteiger partial charge in [-0.15, -0.1) is 0 Å². The number of allylic oxidation sites excluding steroid dienone is 2. The van der Waals surface area contributed by atoms with E-state index in [1.165, 1.54) is 6.92 Å². The van der Waals surface area contributed by atoms with Gasteiger partial charge in [-0.3, -0.25) is 9.59 Å². The fourth-order valence-electron chi connectivity index (χ4n) is 3.97. The number of thiocarbonyl (C=S) groups is 1. The summed E-state index contributed by atoms with van der Waals surface area (Å²) in [4.78, 5) is 22.3. The molecule has 0 aromatic heterocycles. The number of carbonyl (C=O) groups excluding carboxylic acids is 2. The molecule has 184 valence electrons. The Bertz CT molecular complexity index is 1230. The standard InChI is InChI=1S/C25H25F3N4O2S/c1-14(29)22(15(2)30)17-9-18(11-19(10-17)25(26,27)28)24(7-8-24)32-23(35)20-6-4-3-5-16(20)12-31-21(34)13-33/h3-6,9-11,13,29H,7-8,12,30H2,1-2H3,(H,31,34)(H,32,35)/b22-15+,29-14?. The molecule has 1 amide bonds. The molecule has 0 saturated heterocycles. The largest absolute Gasteiger partial charge is 0.416 e. The van der Waals surface area contributed by atoms with E-state index >= 15 is 0 Å². The number of carbonyl (C=O) groups is 2. The van der Waals surface area contributed by atoms with Gasteiger partial charge < -0.3 is 21.8 Å². The maximum atomic E-state index is 13.8. The van der Waals surface area contributed by atoms with Crippen molar-refractivity contribution in [3.63, 3.8) is 0 Å². The van der Waals surface area contributed by atoms with Gasteiger partial charge in [0, 0.05) is 29.1 Å². The van der Waals surface area contributed by atoms with Crippen molar-refractivity contribution in [1.82, 2.24) is 10.6 Å². The highest BCUT2D eigenvalue weighted by atomic mass is 32.1. The summed E-state index contributed by atoms with van der Waals surface area (Å²) in [6.45, 7) is 3.10. The average Bonchev–Trinajstić information content (AvgIpc) is 3.57. The van der Waals surface area contributed by atoms with Gasteiger partial charge in [0.2, 0.25) is 6.29 Å². The number of halogens is 3. The molecule has 6 nitrogen and oxygen atoms in total. The van der Waals surface area contributed by atoms with Crippen LogP contribution in [0.4, 0.5) is 13.2 Å². The molecule has 0 bridgehead atoms. The number of hydrogen-bond donors (Lipinski definition) is 4. The fourth-order valence-corrected chi connectivity index (χ4v) is 4.36. The molecule has 0 atom stereocenters. The number of benzene rings is 2. The average molecular weight is 503 g/mol. The maximum Gasteiger partial charge on any atom is 0.416 e. The summed E-state index contributed by atoms with van der Waals surface area (Å²) in [6, 6.07) is 10.7. The lowest BCUT2D eigenvalue weighted by molar-refractivity contribution is -0.137. The van der Waals surface area contributed by atoms with Gasteiger partial charge in [-0.05, 0) is 61.6 Å². The van der Waals surface area contributed by atoms with E-state index in [0.29, 0.717) is 34.5 Å². The minimum absolute atomic E-state index is 0.0647. The summed E-state index contributed by atoms with van der Waals surface area (Å²) in [5.41, 5.74) is 6.71. The van der Waals surface area contributed by atoms with Crippen LogP contribution in [-0.4, -0.2) is 22.9 Å². The monoisotopic (exact) mass is 502 g/mol. The smallest absolute Gasteiger partial charge is 0.402 e.